The first-order chi connectivity index (χ1) is 27.6. The van der Waals surface area contributed by atoms with Crippen molar-refractivity contribution >= 4 is 35.8 Å². The maximum Gasteiger partial charge on any atom is 0.330 e. The van der Waals surface area contributed by atoms with E-state index in [0.29, 0.717) is 0 Å². The van der Waals surface area contributed by atoms with Crippen LogP contribution in [0.5, 0.6) is 0 Å². The first kappa shape index (κ1) is 54.1. The molecule has 0 saturated heterocycles. The Bertz CT molecular complexity index is 1350. The van der Waals surface area contributed by atoms with Gasteiger partial charge < -0.3 is 53.6 Å². The molecule has 0 bridgehead atoms. The zero-order chi connectivity index (χ0) is 45.8. The fraction of sp³-hybridized carbons (Fsp3) is 0.571. The first-order valence-corrected chi connectivity index (χ1v) is 18.7. The lowest BCUT2D eigenvalue weighted by atomic mass is 9.59. The molecule has 0 heterocycles. The molecule has 332 valence electrons. The Balaban J connectivity index is 9.13. The summed E-state index contributed by atoms with van der Waals surface area (Å²) < 4.78 is 39.8. The van der Waals surface area contributed by atoms with Gasteiger partial charge >= 0.3 is 35.8 Å². The number of rotatable bonds is 30. The van der Waals surface area contributed by atoms with E-state index in [1.807, 2.05) is 0 Å². The van der Waals surface area contributed by atoms with Gasteiger partial charge in [0.15, 0.2) is 0 Å². The van der Waals surface area contributed by atoms with Crippen LogP contribution in [-0.2, 0) is 61.9 Å². The number of aliphatic hydroxyl groups is 4. The van der Waals surface area contributed by atoms with Crippen LogP contribution in [0.3, 0.4) is 0 Å². The summed E-state index contributed by atoms with van der Waals surface area (Å²) in [7, 11) is 0. The second-order valence-corrected chi connectivity index (χ2v) is 14.3. The molecule has 0 rings (SSSR count). The van der Waals surface area contributed by atoms with E-state index in [2.05, 4.69) is 39.5 Å². The Morgan fingerprint density at radius 1 is 0.407 bits per heavy atom. The Morgan fingerprint density at radius 2 is 0.576 bits per heavy atom. The minimum Gasteiger partial charge on any atom is -0.462 e. The molecule has 0 fully saturated rings. The average Bonchev–Trinajstić information content (AvgIpc) is 3.25. The highest BCUT2D eigenvalue weighted by atomic mass is 16.6. The molecule has 0 saturated carbocycles. The molecule has 0 aromatic rings. The van der Waals surface area contributed by atoms with Gasteiger partial charge in [0, 0.05) is 72.0 Å². The molecule has 0 aromatic carbocycles. The topological polar surface area (TPSA) is 248 Å². The number of aliphatic hydroxyl groups excluding tert-OH is 2. The highest BCUT2D eigenvalue weighted by Gasteiger charge is 2.70. The summed E-state index contributed by atoms with van der Waals surface area (Å²) in [5.41, 5.74) is -10.4. The van der Waals surface area contributed by atoms with Crippen molar-refractivity contribution < 1.29 is 82.4 Å². The summed E-state index contributed by atoms with van der Waals surface area (Å²) in [5.74, 6) is -13.6. The van der Waals surface area contributed by atoms with Gasteiger partial charge in [-0.05, 0) is 0 Å². The van der Waals surface area contributed by atoms with Crippen LogP contribution >= 0.6 is 0 Å². The van der Waals surface area contributed by atoms with Crippen LogP contribution in [0.15, 0.2) is 75.9 Å². The van der Waals surface area contributed by atoms with Gasteiger partial charge in [0.2, 0.25) is 0 Å². The molecule has 0 radical (unpaired) electrons. The van der Waals surface area contributed by atoms with Crippen LogP contribution in [0.25, 0.3) is 0 Å². The zero-order valence-electron chi connectivity index (χ0n) is 34.9. The van der Waals surface area contributed by atoms with E-state index in [9.17, 15) is 49.2 Å². The number of carbonyl (C=O) groups is 6. The Morgan fingerprint density at radius 3 is 0.729 bits per heavy atom. The van der Waals surface area contributed by atoms with Crippen molar-refractivity contribution in [2.75, 3.05) is 52.9 Å². The lowest BCUT2D eigenvalue weighted by molar-refractivity contribution is -0.373. The van der Waals surface area contributed by atoms with Crippen molar-refractivity contribution in [3.05, 3.63) is 75.9 Å². The third-order valence-electron chi connectivity index (χ3n) is 10.6. The first-order valence-electron chi connectivity index (χ1n) is 18.7. The second-order valence-electron chi connectivity index (χ2n) is 14.3. The lowest BCUT2D eigenvalue weighted by Gasteiger charge is -2.63. The van der Waals surface area contributed by atoms with Crippen LogP contribution in [-0.4, -0.2) is 132 Å². The predicted molar refractivity (Wildman–Crippen MR) is 213 cm³/mol. The van der Waals surface area contributed by atoms with Gasteiger partial charge in [0.05, 0.1) is 52.9 Å². The van der Waals surface area contributed by atoms with Crippen molar-refractivity contribution in [1.82, 2.24) is 0 Å². The smallest absolute Gasteiger partial charge is 0.330 e. The predicted octanol–water partition coefficient (Wildman–Crippen LogP) is 2.12. The van der Waals surface area contributed by atoms with Gasteiger partial charge in [0.25, 0.3) is 0 Å². The van der Waals surface area contributed by atoms with Gasteiger partial charge in [0.1, 0.15) is 22.4 Å². The Labute approximate surface area is 346 Å². The maximum absolute atomic E-state index is 13.2. The highest BCUT2D eigenvalue weighted by Crippen LogP contribution is 2.54. The van der Waals surface area contributed by atoms with Crippen molar-refractivity contribution in [1.29, 1.82) is 0 Å². The molecular formula is C42H62O17. The molecule has 0 aliphatic heterocycles. The lowest BCUT2D eigenvalue weighted by Crippen LogP contribution is -2.78. The molecule has 0 aliphatic rings. The minimum atomic E-state index is -2.69. The fourth-order valence-electron chi connectivity index (χ4n) is 7.23. The van der Waals surface area contributed by atoms with Gasteiger partial charge in [-0.3, -0.25) is 0 Å². The maximum atomic E-state index is 13.2. The molecule has 17 nitrogen and oxygen atoms in total. The van der Waals surface area contributed by atoms with E-state index in [1.54, 1.807) is 0 Å². The summed E-state index contributed by atoms with van der Waals surface area (Å²) in [6.07, 6.45) is 5.13. The standard InChI is InChI=1S/C42H62O17/c1-13-33(45)53-19-27(7)39(51,25-43)41(29(9)21-55-35(47)15-3,30(10)22-56-36(48)16-4)59-42(31(11)23-57-37(49)17-5,32(12)24-58-38(50)18-6)40(52,26-44)28(8)20-54-34(46)14-2/h13-18,27-32,43-44,51-52H,1-6,19-26H2,7-12H3. The van der Waals surface area contributed by atoms with Crippen LogP contribution in [0.2, 0.25) is 0 Å². The van der Waals surface area contributed by atoms with Gasteiger partial charge in [-0.1, -0.05) is 81.0 Å². The molecule has 0 spiro atoms. The minimum absolute atomic E-state index is 0.616. The average molecular weight is 839 g/mol. The number of carbonyl (C=O) groups excluding carboxylic acids is 6. The molecule has 0 aliphatic carbocycles. The Hall–Kier alpha value is -4.94. The third-order valence-corrected chi connectivity index (χ3v) is 10.6. The largest absolute Gasteiger partial charge is 0.462 e. The Kier molecular flexibility index (Phi) is 22.8. The summed E-state index contributed by atoms with van der Waals surface area (Å²) in [6.45, 7) is 22.6. The number of esters is 6. The summed E-state index contributed by atoms with van der Waals surface area (Å²) >= 11 is 0. The summed E-state index contributed by atoms with van der Waals surface area (Å²) in [5, 5.41) is 49.1. The zero-order valence-corrected chi connectivity index (χ0v) is 34.9. The molecular weight excluding hydrogens is 776 g/mol. The fourth-order valence-corrected chi connectivity index (χ4v) is 7.23. The van der Waals surface area contributed by atoms with Crippen LogP contribution in [0.4, 0.5) is 0 Å². The molecule has 0 amide bonds. The quantitative estimate of drug-likeness (QED) is 0.0460. The normalized spacial score (nSPS) is 18.2. The van der Waals surface area contributed by atoms with E-state index in [-0.39, 0.29) is 0 Å². The van der Waals surface area contributed by atoms with E-state index in [1.165, 1.54) is 41.5 Å². The van der Waals surface area contributed by atoms with Crippen molar-refractivity contribution in [3.63, 3.8) is 0 Å². The summed E-state index contributed by atoms with van der Waals surface area (Å²) in [6, 6.07) is 0. The highest BCUT2D eigenvalue weighted by molar-refractivity contribution is 5.83. The van der Waals surface area contributed by atoms with E-state index >= 15 is 0 Å². The van der Waals surface area contributed by atoms with Crippen molar-refractivity contribution in [2.45, 2.75) is 63.9 Å². The van der Waals surface area contributed by atoms with Crippen LogP contribution < -0.4 is 0 Å². The molecule has 8 unspecified atom stereocenters. The van der Waals surface area contributed by atoms with Gasteiger partial charge in [-0.15, -0.1) is 0 Å². The molecule has 17 heteroatoms. The summed E-state index contributed by atoms with van der Waals surface area (Å²) in [4.78, 5) is 74.9. The second kappa shape index (κ2) is 24.9. The SMILES string of the molecule is C=CC(=O)OCC(C)C(O)(CO)C(OC(C(C)COC(=O)C=C)(C(C)COC(=O)C=C)C(O)(CO)C(C)COC(=O)C=C)(C(C)COC(=O)C=C)C(C)COC(=O)C=C. The van der Waals surface area contributed by atoms with Crippen LogP contribution in [0.1, 0.15) is 41.5 Å². The monoisotopic (exact) mass is 838 g/mol. The molecule has 4 N–H and O–H groups in total. The third kappa shape index (κ3) is 13.0. The number of ether oxygens (including phenoxy) is 7. The number of hydrogen-bond acceptors (Lipinski definition) is 17. The van der Waals surface area contributed by atoms with Crippen molar-refractivity contribution in [3.8, 4) is 0 Å². The number of hydrogen-bond donors (Lipinski definition) is 4. The van der Waals surface area contributed by atoms with Crippen LogP contribution in [0, 0.1) is 35.5 Å². The molecule has 59 heavy (non-hydrogen) atoms. The van der Waals surface area contributed by atoms with Crippen molar-refractivity contribution in [2.24, 2.45) is 35.5 Å². The van der Waals surface area contributed by atoms with Gasteiger partial charge in [-0.2, -0.15) is 0 Å². The molecule has 0 aromatic heterocycles. The van der Waals surface area contributed by atoms with E-state index in [4.69, 9.17) is 33.2 Å². The van der Waals surface area contributed by atoms with E-state index < -0.39 is 147 Å². The molecule has 8 atom stereocenters. The van der Waals surface area contributed by atoms with E-state index in [0.717, 1.165) is 36.5 Å². The van der Waals surface area contributed by atoms with Gasteiger partial charge in [-0.25, -0.2) is 28.8 Å².